The lowest BCUT2D eigenvalue weighted by Gasteiger charge is -2.05. The number of hydrogen-bond acceptors (Lipinski definition) is 3. The van der Waals surface area contributed by atoms with E-state index in [-0.39, 0.29) is 0 Å². The van der Waals surface area contributed by atoms with E-state index in [2.05, 4.69) is 11.2 Å². The highest BCUT2D eigenvalue weighted by Crippen LogP contribution is 2.14. The molecular formula is C6H9NOS. The minimum atomic E-state index is 1.04. The van der Waals surface area contributed by atoms with Gasteiger partial charge in [0.25, 0.3) is 0 Å². The van der Waals surface area contributed by atoms with Crippen molar-refractivity contribution in [2.24, 2.45) is 5.16 Å². The molecule has 0 aromatic rings. The molecule has 0 saturated carbocycles. The van der Waals surface area contributed by atoms with E-state index in [9.17, 15) is 0 Å². The van der Waals surface area contributed by atoms with Gasteiger partial charge in [0.2, 0.25) is 0 Å². The topological polar surface area (TPSA) is 32.6 Å². The molecule has 0 aromatic carbocycles. The summed E-state index contributed by atoms with van der Waals surface area (Å²) in [7, 11) is 0. The van der Waals surface area contributed by atoms with Crippen LogP contribution in [0.2, 0.25) is 0 Å². The molecule has 1 rings (SSSR count). The van der Waals surface area contributed by atoms with Crippen molar-refractivity contribution in [3.05, 3.63) is 11.6 Å². The maximum Gasteiger partial charge on any atom is 0.0690 e. The maximum absolute atomic E-state index is 8.14. The number of thioether (sulfide) groups is 1. The average molecular weight is 143 g/mol. The number of allylic oxidation sites excluding steroid dienone is 1. The molecule has 0 radical (unpaired) electrons. The van der Waals surface area contributed by atoms with Crippen LogP contribution in [0.5, 0.6) is 0 Å². The van der Waals surface area contributed by atoms with Gasteiger partial charge >= 0.3 is 0 Å². The first kappa shape index (κ1) is 6.68. The zero-order chi connectivity index (χ0) is 6.53. The minimum Gasteiger partial charge on any atom is -0.411 e. The van der Waals surface area contributed by atoms with Crippen molar-refractivity contribution in [3.63, 3.8) is 0 Å². The van der Waals surface area contributed by atoms with Gasteiger partial charge in [-0.25, -0.2) is 0 Å². The highest BCUT2D eigenvalue weighted by atomic mass is 32.2. The lowest BCUT2D eigenvalue weighted by Crippen LogP contribution is -1.95. The van der Waals surface area contributed by atoms with Crippen molar-refractivity contribution in [3.8, 4) is 0 Å². The lowest BCUT2D eigenvalue weighted by molar-refractivity contribution is 0.321. The normalized spacial score (nSPS) is 20.2. The molecule has 0 fully saturated rings. The van der Waals surface area contributed by atoms with Gasteiger partial charge in [-0.3, -0.25) is 0 Å². The second-order valence-electron chi connectivity index (χ2n) is 1.85. The Hall–Kier alpha value is -0.440. The highest BCUT2D eigenvalue weighted by molar-refractivity contribution is 7.99. The molecule has 9 heavy (non-hydrogen) atoms. The number of hydrogen-bond donors (Lipinski definition) is 1. The molecule has 1 N–H and O–H groups in total. The van der Waals surface area contributed by atoms with Gasteiger partial charge in [-0.2, -0.15) is 11.8 Å². The summed E-state index contributed by atoms with van der Waals surface area (Å²) in [4.78, 5) is 0. The second-order valence-corrected chi connectivity index (χ2v) is 3.00. The Morgan fingerprint density at radius 3 is 3.22 bits per heavy atom. The van der Waals surface area contributed by atoms with Crippen LogP contribution in [-0.4, -0.2) is 22.9 Å². The van der Waals surface area contributed by atoms with E-state index in [0.717, 1.165) is 23.5 Å². The third-order valence-corrected chi connectivity index (χ3v) is 2.12. The lowest BCUT2D eigenvalue weighted by atomic mass is 10.2. The number of rotatable bonds is 1. The molecule has 0 atom stereocenters. The van der Waals surface area contributed by atoms with E-state index in [1.165, 1.54) is 6.21 Å². The van der Waals surface area contributed by atoms with E-state index in [0.29, 0.717) is 0 Å². The fourth-order valence-corrected chi connectivity index (χ4v) is 1.61. The summed E-state index contributed by atoms with van der Waals surface area (Å²) < 4.78 is 0. The third-order valence-electron chi connectivity index (χ3n) is 1.22. The van der Waals surface area contributed by atoms with Crippen molar-refractivity contribution in [1.82, 2.24) is 0 Å². The highest BCUT2D eigenvalue weighted by Gasteiger charge is 1.99. The number of oxime groups is 1. The SMILES string of the molecule is O/N=C/C1=CCSCC1. The summed E-state index contributed by atoms with van der Waals surface area (Å²) >= 11 is 1.90. The van der Waals surface area contributed by atoms with Crippen LogP contribution in [0.25, 0.3) is 0 Å². The van der Waals surface area contributed by atoms with Crippen molar-refractivity contribution >= 4 is 18.0 Å². The van der Waals surface area contributed by atoms with Gasteiger partial charge in [-0.15, -0.1) is 0 Å². The molecule has 1 aliphatic rings. The first-order chi connectivity index (χ1) is 4.43. The van der Waals surface area contributed by atoms with Gasteiger partial charge in [0.1, 0.15) is 0 Å². The zero-order valence-corrected chi connectivity index (χ0v) is 5.90. The van der Waals surface area contributed by atoms with E-state index in [4.69, 9.17) is 5.21 Å². The fourth-order valence-electron chi connectivity index (χ4n) is 0.733. The molecule has 50 valence electrons. The molecule has 0 amide bonds. The summed E-state index contributed by atoms with van der Waals surface area (Å²) in [5.74, 6) is 2.21. The molecule has 0 saturated heterocycles. The van der Waals surface area contributed by atoms with Gasteiger partial charge < -0.3 is 5.21 Å². The van der Waals surface area contributed by atoms with Gasteiger partial charge in [0.15, 0.2) is 0 Å². The molecular weight excluding hydrogens is 134 g/mol. The van der Waals surface area contributed by atoms with Crippen LogP contribution in [0.4, 0.5) is 0 Å². The van der Waals surface area contributed by atoms with E-state index in [1.54, 1.807) is 0 Å². The Balaban J connectivity index is 2.46. The van der Waals surface area contributed by atoms with Crippen LogP contribution in [-0.2, 0) is 0 Å². The van der Waals surface area contributed by atoms with Crippen LogP contribution in [0, 0.1) is 0 Å². The molecule has 0 unspecified atom stereocenters. The summed E-state index contributed by atoms with van der Waals surface area (Å²) in [5, 5.41) is 11.1. The predicted octanol–water partition coefficient (Wildman–Crippen LogP) is 1.51. The van der Waals surface area contributed by atoms with E-state index in [1.807, 2.05) is 11.8 Å². The van der Waals surface area contributed by atoms with Crippen LogP contribution in [0.1, 0.15) is 6.42 Å². The molecule has 0 spiro atoms. The van der Waals surface area contributed by atoms with Crippen LogP contribution in [0.15, 0.2) is 16.8 Å². The monoisotopic (exact) mass is 143 g/mol. The standard InChI is InChI=1S/C6H9NOS/c8-7-5-6-1-3-9-4-2-6/h1,5,8H,2-4H2/b7-5+. The first-order valence-corrected chi connectivity index (χ1v) is 4.03. The minimum absolute atomic E-state index is 1.04. The van der Waals surface area contributed by atoms with Gasteiger partial charge in [0.05, 0.1) is 6.21 Å². The summed E-state index contributed by atoms with van der Waals surface area (Å²) in [5.41, 5.74) is 1.15. The van der Waals surface area contributed by atoms with Crippen molar-refractivity contribution in [2.45, 2.75) is 6.42 Å². The van der Waals surface area contributed by atoms with Crippen molar-refractivity contribution in [2.75, 3.05) is 11.5 Å². The Bertz CT molecular complexity index is 142. The summed E-state index contributed by atoms with van der Waals surface area (Å²) in [6.07, 6.45) is 4.64. The second kappa shape index (κ2) is 3.56. The summed E-state index contributed by atoms with van der Waals surface area (Å²) in [6.45, 7) is 0. The Morgan fingerprint density at radius 2 is 2.67 bits per heavy atom. The Labute approximate surface area is 58.6 Å². The molecule has 0 aromatic heterocycles. The van der Waals surface area contributed by atoms with Gasteiger partial charge in [-0.05, 0) is 17.7 Å². The van der Waals surface area contributed by atoms with Gasteiger partial charge in [0, 0.05) is 5.75 Å². The Morgan fingerprint density at radius 1 is 1.78 bits per heavy atom. The fraction of sp³-hybridized carbons (Fsp3) is 0.500. The van der Waals surface area contributed by atoms with E-state index >= 15 is 0 Å². The first-order valence-electron chi connectivity index (χ1n) is 2.87. The van der Waals surface area contributed by atoms with Crippen molar-refractivity contribution < 1.29 is 5.21 Å². The maximum atomic E-state index is 8.14. The molecule has 0 bridgehead atoms. The largest absolute Gasteiger partial charge is 0.411 e. The van der Waals surface area contributed by atoms with E-state index < -0.39 is 0 Å². The Kier molecular flexibility index (Phi) is 2.64. The average Bonchev–Trinajstić information content (AvgIpc) is 1.91. The smallest absolute Gasteiger partial charge is 0.0690 e. The zero-order valence-electron chi connectivity index (χ0n) is 5.08. The molecule has 2 nitrogen and oxygen atoms in total. The molecule has 3 heteroatoms. The molecule has 0 aliphatic carbocycles. The van der Waals surface area contributed by atoms with Crippen LogP contribution >= 0.6 is 11.8 Å². The molecule has 1 aliphatic heterocycles. The molecule has 1 heterocycles. The van der Waals surface area contributed by atoms with Crippen molar-refractivity contribution in [1.29, 1.82) is 0 Å². The van der Waals surface area contributed by atoms with Crippen LogP contribution < -0.4 is 0 Å². The van der Waals surface area contributed by atoms with Crippen LogP contribution in [0.3, 0.4) is 0 Å². The third kappa shape index (κ3) is 2.10. The predicted molar refractivity (Wildman–Crippen MR) is 40.3 cm³/mol. The quantitative estimate of drug-likeness (QED) is 0.343. The van der Waals surface area contributed by atoms with Gasteiger partial charge in [-0.1, -0.05) is 11.2 Å². The number of nitrogens with zero attached hydrogens (tertiary/aromatic N) is 1. The summed E-state index contributed by atoms with van der Waals surface area (Å²) in [6, 6.07) is 0.